The van der Waals surface area contributed by atoms with Crippen molar-refractivity contribution in [1.82, 2.24) is 15.1 Å². The summed E-state index contributed by atoms with van der Waals surface area (Å²) < 4.78 is 15.1. The molecule has 0 atom stereocenters. The number of fused-ring (bicyclic) bond motifs is 1. The normalized spacial score (nSPS) is 16.4. The molecule has 0 saturated heterocycles. The summed E-state index contributed by atoms with van der Waals surface area (Å²) in [6.07, 6.45) is 3.89. The Kier molecular flexibility index (Phi) is 3.87. The van der Waals surface area contributed by atoms with E-state index in [1.165, 1.54) is 23.5 Å². The van der Waals surface area contributed by atoms with E-state index in [0.29, 0.717) is 4.88 Å². The Labute approximate surface area is 149 Å². The van der Waals surface area contributed by atoms with Crippen molar-refractivity contribution in [3.63, 3.8) is 0 Å². The number of hydrogen-bond donors (Lipinski definition) is 1. The van der Waals surface area contributed by atoms with Gasteiger partial charge in [0.2, 0.25) is 0 Å². The maximum atomic E-state index is 13.3. The van der Waals surface area contributed by atoms with Gasteiger partial charge in [-0.3, -0.25) is 9.48 Å². The first-order chi connectivity index (χ1) is 12.0. The fraction of sp³-hybridized carbons (Fsp3) is 0.368. The van der Waals surface area contributed by atoms with Gasteiger partial charge in [-0.1, -0.05) is 25.0 Å². The van der Waals surface area contributed by atoms with Crippen LogP contribution in [0.4, 0.5) is 4.39 Å². The quantitative estimate of drug-likeness (QED) is 0.760. The molecule has 1 aromatic carbocycles. The minimum atomic E-state index is -0.395. The molecule has 0 bridgehead atoms. The summed E-state index contributed by atoms with van der Waals surface area (Å²) in [6, 6.07) is 8.44. The average Bonchev–Trinajstić information content (AvgIpc) is 3.27. The van der Waals surface area contributed by atoms with Gasteiger partial charge in [-0.25, -0.2) is 4.39 Å². The van der Waals surface area contributed by atoms with Crippen LogP contribution in [0.15, 0.2) is 30.3 Å². The summed E-state index contributed by atoms with van der Waals surface area (Å²) in [5, 5.41) is 8.66. The molecule has 4 rings (SSSR count). The maximum Gasteiger partial charge on any atom is 0.262 e. The van der Waals surface area contributed by atoms with Gasteiger partial charge in [-0.2, -0.15) is 5.10 Å². The van der Waals surface area contributed by atoms with Crippen molar-refractivity contribution in [2.24, 2.45) is 7.05 Å². The minimum absolute atomic E-state index is 0.0631. The lowest BCUT2D eigenvalue weighted by molar-refractivity contribution is 0.0902. The van der Waals surface area contributed by atoms with Crippen molar-refractivity contribution in [3.8, 4) is 0 Å². The van der Waals surface area contributed by atoms with Crippen LogP contribution in [0, 0.1) is 12.7 Å². The lowest BCUT2D eigenvalue weighted by Gasteiger charge is -2.31. The highest BCUT2D eigenvalue weighted by atomic mass is 32.1. The smallest absolute Gasteiger partial charge is 0.262 e. The number of nitrogens with one attached hydrogen (secondary N) is 1. The summed E-state index contributed by atoms with van der Waals surface area (Å²) in [5.41, 5.74) is 1.52. The maximum absolute atomic E-state index is 13.3. The molecular weight excluding hydrogens is 337 g/mol. The summed E-state index contributed by atoms with van der Waals surface area (Å²) in [4.78, 5) is 14.6. The van der Waals surface area contributed by atoms with Gasteiger partial charge in [-0.15, -0.1) is 11.3 Å². The Morgan fingerprint density at radius 1 is 1.28 bits per heavy atom. The molecule has 6 heteroatoms. The molecule has 0 aliphatic heterocycles. The topological polar surface area (TPSA) is 46.9 Å². The van der Waals surface area contributed by atoms with Gasteiger partial charge in [0.1, 0.15) is 10.6 Å². The Balaban J connectivity index is 1.66. The second kappa shape index (κ2) is 5.95. The average molecular weight is 357 g/mol. The van der Waals surface area contributed by atoms with E-state index in [0.717, 1.165) is 47.2 Å². The van der Waals surface area contributed by atoms with Gasteiger partial charge in [0.05, 0.1) is 16.1 Å². The summed E-state index contributed by atoms with van der Waals surface area (Å²) >= 11 is 1.46. The molecule has 0 spiro atoms. The van der Waals surface area contributed by atoms with E-state index in [1.54, 1.807) is 12.1 Å². The highest BCUT2D eigenvalue weighted by Crippen LogP contribution is 2.39. The molecule has 1 saturated carbocycles. The molecule has 25 heavy (non-hydrogen) atoms. The molecule has 2 aromatic heterocycles. The number of aryl methyl sites for hydroxylation is 2. The molecule has 130 valence electrons. The summed E-state index contributed by atoms with van der Waals surface area (Å²) in [6.45, 7) is 1.95. The van der Waals surface area contributed by atoms with Crippen molar-refractivity contribution >= 4 is 27.5 Å². The third kappa shape index (κ3) is 2.74. The van der Waals surface area contributed by atoms with Gasteiger partial charge in [0.25, 0.3) is 5.91 Å². The Bertz CT molecular complexity index is 901. The van der Waals surface area contributed by atoms with Crippen LogP contribution in [-0.4, -0.2) is 15.7 Å². The molecule has 1 aliphatic carbocycles. The number of carbonyl (C=O) groups excluding carboxylic acids is 1. The zero-order valence-corrected chi connectivity index (χ0v) is 15.1. The van der Waals surface area contributed by atoms with Gasteiger partial charge in [0, 0.05) is 12.4 Å². The van der Waals surface area contributed by atoms with E-state index in [-0.39, 0.29) is 11.7 Å². The van der Waals surface area contributed by atoms with Crippen molar-refractivity contribution in [1.29, 1.82) is 0 Å². The van der Waals surface area contributed by atoms with Gasteiger partial charge in [-0.05, 0) is 43.5 Å². The Morgan fingerprint density at radius 2 is 1.96 bits per heavy atom. The van der Waals surface area contributed by atoms with Crippen molar-refractivity contribution in [2.75, 3.05) is 0 Å². The summed E-state index contributed by atoms with van der Waals surface area (Å²) in [7, 11) is 1.89. The van der Waals surface area contributed by atoms with Crippen LogP contribution in [0.3, 0.4) is 0 Å². The number of aromatic nitrogens is 2. The van der Waals surface area contributed by atoms with Gasteiger partial charge >= 0.3 is 0 Å². The molecule has 1 fully saturated rings. The zero-order chi connectivity index (χ0) is 17.6. The first-order valence-electron chi connectivity index (χ1n) is 8.50. The molecule has 1 aliphatic rings. The highest BCUT2D eigenvalue weighted by molar-refractivity contribution is 7.20. The van der Waals surface area contributed by atoms with Crippen molar-refractivity contribution in [2.45, 2.75) is 38.1 Å². The number of hydrogen-bond acceptors (Lipinski definition) is 3. The zero-order valence-electron chi connectivity index (χ0n) is 14.3. The number of halogens is 1. The fourth-order valence-electron chi connectivity index (χ4n) is 3.83. The van der Waals surface area contributed by atoms with Crippen LogP contribution in [0.25, 0.3) is 10.2 Å². The standard InChI is InChI=1S/C19H20FN3OS/c1-12-15-11-16(25-18(15)23(2)22-12)17(24)21-19(9-3-4-10-19)13-5-7-14(20)8-6-13/h5-8,11H,3-4,9-10H2,1-2H3,(H,21,24). The van der Waals surface area contributed by atoms with E-state index in [9.17, 15) is 9.18 Å². The molecule has 2 heterocycles. The van der Waals surface area contributed by atoms with Crippen molar-refractivity contribution < 1.29 is 9.18 Å². The largest absolute Gasteiger partial charge is 0.342 e. The molecule has 1 amide bonds. The minimum Gasteiger partial charge on any atom is -0.342 e. The number of thiophene rings is 1. The number of amides is 1. The highest BCUT2D eigenvalue weighted by Gasteiger charge is 2.37. The van der Waals surface area contributed by atoms with Crippen LogP contribution < -0.4 is 5.32 Å². The van der Waals surface area contributed by atoms with E-state index in [2.05, 4.69) is 10.4 Å². The first-order valence-corrected chi connectivity index (χ1v) is 9.32. The first kappa shape index (κ1) is 16.3. The second-order valence-corrected chi connectivity index (χ2v) is 7.82. The number of nitrogens with zero attached hydrogens (tertiary/aromatic N) is 2. The number of rotatable bonds is 3. The van der Waals surface area contributed by atoms with E-state index in [4.69, 9.17) is 0 Å². The fourth-order valence-corrected chi connectivity index (χ4v) is 4.85. The SMILES string of the molecule is Cc1nn(C)c2sc(C(=O)NC3(c4ccc(F)cc4)CCCC3)cc12. The second-order valence-electron chi connectivity index (χ2n) is 6.79. The predicted molar refractivity (Wildman–Crippen MR) is 97.3 cm³/mol. The van der Waals surface area contributed by atoms with E-state index < -0.39 is 5.54 Å². The Morgan fingerprint density at radius 3 is 2.60 bits per heavy atom. The lowest BCUT2D eigenvalue weighted by atomic mass is 9.88. The van der Waals surface area contributed by atoms with Gasteiger partial charge < -0.3 is 5.32 Å². The molecule has 1 N–H and O–H groups in total. The van der Waals surface area contributed by atoms with E-state index >= 15 is 0 Å². The third-order valence-electron chi connectivity index (χ3n) is 5.13. The summed E-state index contributed by atoms with van der Waals surface area (Å²) in [5.74, 6) is -0.317. The predicted octanol–water partition coefficient (Wildman–Crippen LogP) is 4.28. The lowest BCUT2D eigenvalue weighted by Crippen LogP contribution is -2.43. The molecule has 3 aromatic rings. The van der Waals surface area contributed by atoms with Crippen LogP contribution in [-0.2, 0) is 12.6 Å². The Hall–Kier alpha value is -2.21. The molecule has 4 nitrogen and oxygen atoms in total. The van der Waals surface area contributed by atoms with Crippen LogP contribution in [0.2, 0.25) is 0 Å². The van der Waals surface area contributed by atoms with Crippen molar-refractivity contribution in [3.05, 3.63) is 52.3 Å². The third-order valence-corrected chi connectivity index (χ3v) is 6.33. The monoisotopic (exact) mass is 357 g/mol. The number of carbonyl (C=O) groups is 1. The molecule has 0 unspecified atom stereocenters. The van der Waals surface area contributed by atoms with Gasteiger partial charge in [0.15, 0.2) is 0 Å². The van der Waals surface area contributed by atoms with Crippen LogP contribution in [0.1, 0.15) is 46.6 Å². The van der Waals surface area contributed by atoms with Crippen LogP contribution >= 0.6 is 11.3 Å². The molecular formula is C19H20FN3OS. The molecule has 0 radical (unpaired) electrons. The van der Waals surface area contributed by atoms with E-state index in [1.807, 2.05) is 24.7 Å². The van der Waals surface area contributed by atoms with Crippen LogP contribution in [0.5, 0.6) is 0 Å². The number of benzene rings is 1.